The Morgan fingerprint density at radius 1 is 1.06 bits per heavy atom. The van der Waals surface area contributed by atoms with Crippen molar-refractivity contribution in [2.24, 2.45) is 0 Å². The Hall–Kier alpha value is -3.26. The van der Waals surface area contributed by atoms with Gasteiger partial charge in [0.05, 0.1) is 22.8 Å². The Labute approximate surface area is 213 Å². The lowest BCUT2D eigenvalue weighted by atomic mass is 10.1. The molecule has 0 radical (unpaired) electrons. The average molecular weight is 510 g/mol. The standard InChI is InChI=1S/C26H25Cl2N5O2/c1-15(2)31-24(34)14-33-25(17-5-4-6-19(27)9-17)32-23-13-30-22(11-21(23)26(33)35)18-7-16(12-29-3)8-20(28)10-18/h4-11,13,15,29H,12,14H2,1-3H3,(H,31,34). The molecule has 2 aromatic carbocycles. The van der Waals surface area contributed by atoms with Gasteiger partial charge in [-0.2, -0.15) is 0 Å². The number of benzene rings is 2. The summed E-state index contributed by atoms with van der Waals surface area (Å²) in [5.74, 6) is 0.0601. The molecule has 2 heterocycles. The quantitative estimate of drug-likeness (QED) is 0.377. The van der Waals surface area contributed by atoms with E-state index in [1.54, 1.807) is 42.6 Å². The van der Waals surface area contributed by atoms with Gasteiger partial charge in [0.15, 0.2) is 0 Å². The second-order valence-electron chi connectivity index (χ2n) is 8.52. The lowest BCUT2D eigenvalue weighted by molar-refractivity contribution is -0.122. The van der Waals surface area contributed by atoms with E-state index >= 15 is 0 Å². The largest absolute Gasteiger partial charge is 0.352 e. The minimum absolute atomic E-state index is 0.0633. The van der Waals surface area contributed by atoms with Crippen molar-refractivity contribution in [2.45, 2.75) is 33.0 Å². The molecule has 0 aliphatic heterocycles. The summed E-state index contributed by atoms with van der Waals surface area (Å²) in [7, 11) is 1.86. The molecule has 0 saturated carbocycles. The summed E-state index contributed by atoms with van der Waals surface area (Å²) in [6, 6.07) is 14.3. The summed E-state index contributed by atoms with van der Waals surface area (Å²) >= 11 is 12.5. The van der Waals surface area contributed by atoms with Crippen molar-refractivity contribution in [3.63, 3.8) is 0 Å². The first-order valence-corrected chi connectivity index (χ1v) is 11.9. The van der Waals surface area contributed by atoms with Crippen LogP contribution >= 0.6 is 23.2 Å². The molecule has 0 saturated heterocycles. The van der Waals surface area contributed by atoms with E-state index < -0.39 is 0 Å². The number of nitrogens with one attached hydrogen (secondary N) is 2. The van der Waals surface area contributed by atoms with Gasteiger partial charge in [0.2, 0.25) is 5.91 Å². The lowest BCUT2D eigenvalue weighted by Crippen LogP contribution is -2.37. The Bertz CT molecular complexity index is 1470. The molecule has 4 rings (SSSR count). The first-order chi connectivity index (χ1) is 16.7. The number of nitrogens with zero attached hydrogens (tertiary/aromatic N) is 3. The van der Waals surface area contributed by atoms with E-state index in [1.165, 1.54) is 4.57 Å². The highest BCUT2D eigenvalue weighted by Crippen LogP contribution is 2.27. The van der Waals surface area contributed by atoms with Gasteiger partial charge in [-0.1, -0.05) is 35.3 Å². The minimum atomic E-state index is -0.343. The van der Waals surface area contributed by atoms with Crippen molar-refractivity contribution >= 4 is 40.0 Å². The zero-order chi connectivity index (χ0) is 25.1. The monoisotopic (exact) mass is 509 g/mol. The molecule has 180 valence electrons. The smallest absolute Gasteiger partial charge is 0.262 e. The minimum Gasteiger partial charge on any atom is -0.352 e. The van der Waals surface area contributed by atoms with Gasteiger partial charge in [-0.05, 0) is 62.9 Å². The maximum atomic E-state index is 13.7. The van der Waals surface area contributed by atoms with Gasteiger partial charge in [-0.15, -0.1) is 0 Å². The van der Waals surface area contributed by atoms with Crippen LogP contribution in [0.15, 0.2) is 59.5 Å². The number of fused-ring (bicyclic) bond motifs is 1. The number of carbonyl (C=O) groups is 1. The summed E-state index contributed by atoms with van der Waals surface area (Å²) in [6.45, 7) is 4.19. The molecule has 7 nitrogen and oxygen atoms in total. The lowest BCUT2D eigenvalue weighted by Gasteiger charge is -2.15. The first kappa shape index (κ1) is 24.9. The van der Waals surface area contributed by atoms with Crippen LogP contribution in [0.3, 0.4) is 0 Å². The van der Waals surface area contributed by atoms with Gasteiger partial charge >= 0.3 is 0 Å². The molecule has 2 aromatic heterocycles. The highest BCUT2D eigenvalue weighted by molar-refractivity contribution is 6.31. The van der Waals surface area contributed by atoms with Crippen LogP contribution in [-0.4, -0.2) is 33.5 Å². The van der Waals surface area contributed by atoms with Crippen molar-refractivity contribution < 1.29 is 4.79 Å². The number of halogens is 2. The molecule has 2 N–H and O–H groups in total. The third-order valence-electron chi connectivity index (χ3n) is 5.31. The van der Waals surface area contributed by atoms with Crippen LogP contribution in [0.5, 0.6) is 0 Å². The van der Waals surface area contributed by atoms with Crippen LogP contribution in [0.1, 0.15) is 19.4 Å². The van der Waals surface area contributed by atoms with Gasteiger partial charge in [-0.3, -0.25) is 19.1 Å². The first-order valence-electron chi connectivity index (χ1n) is 11.2. The molecule has 35 heavy (non-hydrogen) atoms. The molecular weight excluding hydrogens is 485 g/mol. The summed E-state index contributed by atoms with van der Waals surface area (Å²) in [6.07, 6.45) is 1.57. The Balaban J connectivity index is 1.90. The van der Waals surface area contributed by atoms with Crippen molar-refractivity contribution in [1.82, 2.24) is 25.2 Å². The fraction of sp³-hybridized carbons (Fsp3) is 0.231. The maximum absolute atomic E-state index is 13.7. The van der Waals surface area contributed by atoms with Crippen LogP contribution in [0.4, 0.5) is 0 Å². The van der Waals surface area contributed by atoms with E-state index in [4.69, 9.17) is 28.2 Å². The second kappa shape index (κ2) is 10.6. The molecule has 0 bridgehead atoms. The molecule has 0 spiro atoms. The summed E-state index contributed by atoms with van der Waals surface area (Å²) in [4.78, 5) is 35.6. The number of aromatic nitrogens is 3. The topological polar surface area (TPSA) is 88.9 Å². The Kier molecular flexibility index (Phi) is 7.50. The van der Waals surface area contributed by atoms with Gasteiger partial charge in [-0.25, -0.2) is 4.98 Å². The van der Waals surface area contributed by atoms with Crippen molar-refractivity contribution in [3.8, 4) is 22.6 Å². The van der Waals surface area contributed by atoms with E-state index in [0.29, 0.717) is 44.6 Å². The van der Waals surface area contributed by atoms with Crippen LogP contribution < -0.4 is 16.2 Å². The van der Waals surface area contributed by atoms with Crippen LogP contribution in [-0.2, 0) is 17.9 Å². The molecular formula is C26H25Cl2N5O2. The third kappa shape index (κ3) is 5.70. The average Bonchev–Trinajstić information content (AvgIpc) is 2.80. The highest BCUT2D eigenvalue weighted by Gasteiger charge is 2.17. The molecule has 0 unspecified atom stereocenters. The zero-order valence-electron chi connectivity index (χ0n) is 19.6. The van der Waals surface area contributed by atoms with E-state index in [9.17, 15) is 9.59 Å². The summed E-state index contributed by atoms with van der Waals surface area (Å²) in [5.41, 5.74) is 3.08. The molecule has 4 aromatic rings. The van der Waals surface area contributed by atoms with Crippen LogP contribution in [0, 0.1) is 0 Å². The number of amides is 1. The van der Waals surface area contributed by atoms with Gasteiger partial charge < -0.3 is 10.6 Å². The van der Waals surface area contributed by atoms with Crippen molar-refractivity contribution in [3.05, 3.63) is 80.7 Å². The SMILES string of the molecule is CNCc1cc(Cl)cc(-c2cc3c(=O)n(CC(=O)NC(C)C)c(-c4cccc(Cl)c4)nc3cn2)c1. The fourth-order valence-corrected chi connectivity index (χ4v) is 4.34. The Morgan fingerprint density at radius 2 is 1.83 bits per heavy atom. The van der Waals surface area contributed by atoms with E-state index in [1.807, 2.05) is 33.0 Å². The van der Waals surface area contributed by atoms with Gasteiger partial charge in [0.1, 0.15) is 12.4 Å². The molecule has 0 aliphatic rings. The van der Waals surface area contributed by atoms with Gasteiger partial charge in [0, 0.05) is 33.8 Å². The van der Waals surface area contributed by atoms with Crippen LogP contribution in [0.2, 0.25) is 10.0 Å². The molecule has 9 heteroatoms. The van der Waals surface area contributed by atoms with Crippen molar-refractivity contribution in [1.29, 1.82) is 0 Å². The normalized spacial score (nSPS) is 11.3. The summed E-state index contributed by atoms with van der Waals surface area (Å²) < 4.78 is 1.37. The fourth-order valence-electron chi connectivity index (χ4n) is 3.89. The van der Waals surface area contributed by atoms with E-state index in [0.717, 1.165) is 11.1 Å². The van der Waals surface area contributed by atoms with E-state index in [2.05, 4.69) is 15.6 Å². The predicted molar refractivity (Wildman–Crippen MR) is 141 cm³/mol. The number of hydrogen-bond donors (Lipinski definition) is 2. The number of pyridine rings is 1. The molecule has 1 amide bonds. The van der Waals surface area contributed by atoms with Gasteiger partial charge in [0.25, 0.3) is 5.56 Å². The van der Waals surface area contributed by atoms with Crippen molar-refractivity contribution in [2.75, 3.05) is 7.05 Å². The maximum Gasteiger partial charge on any atom is 0.262 e. The summed E-state index contributed by atoms with van der Waals surface area (Å²) in [5, 5.41) is 7.37. The number of hydrogen-bond acceptors (Lipinski definition) is 5. The Morgan fingerprint density at radius 3 is 2.54 bits per heavy atom. The zero-order valence-corrected chi connectivity index (χ0v) is 21.1. The second-order valence-corrected chi connectivity index (χ2v) is 9.40. The third-order valence-corrected chi connectivity index (χ3v) is 5.76. The molecule has 0 fully saturated rings. The van der Waals surface area contributed by atoms with Crippen LogP contribution in [0.25, 0.3) is 33.5 Å². The number of rotatable bonds is 7. The molecule has 0 aliphatic carbocycles. The predicted octanol–water partition coefficient (Wildman–Crippen LogP) is 4.68. The highest BCUT2D eigenvalue weighted by atomic mass is 35.5. The number of carbonyl (C=O) groups excluding carboxylic acids is 1. The molecule has 0 atom stereocenters. The van der Waals surface area contributed by atoms with E-state index in [-0.39, 0.29) is 24.1 Å².